The van der Waals surface area contributed by atoms with E-state index in [2.05, 4.69) is 22.6 Å². The van der Waals surface area contributed by atoms with Gasteiger partial charge >= 0.3 is 0 Å². The van der Waals surface area contributed by atoms with Crippen molar-refractivity contribution in [2.75, 3.05) is 13.2 Å². The molecule has 0 aromatic rings. The summed E-state index contributed by atoms with van der Waals surface area (Å²) in [6, 6.07) is 0. The second-order valence-electron chi connectivity index (χ2n) is 2.09. The second kappa shape index (κ2) is 3.63. The van der Waals surface area contributed by atoms with Crippen molar-refractivity contribution in [3.05, 3.63) is 0 Å². The van der Waals surface area contributed by atoms with Crippen molar-refractivity contribution in [1.82, 2.24) is 0 Å². The lowest BCUT2D eigenvalue weighted by Gasteiger charge is -2.17. The van der Waals surface area contributed by atoms with Crippen LogP contribution in [0.15, 0.2) is 0 Å². The van der Waals surface area contributed by atoms with Crippen LogP contribution in [-0.4, -0.2) is 21.7 Å². The summed E-state index contributed by atoms with van der Waals surface area (Å²) >= 11 is 2.25. The summed E-state index contributed by atoms with van der Waals surface area (Å²) in [5.74, 6) is 0. The number of aliphatic hydroxyl groups is 1. The molecule has 0 saturated carbocycles. The molecular weight excluding hydrogens is 217 g/mol. The lowest BCUT2D eigenvalue weighted by atomic mass is 10.1. The lowest BCUT2D eigenvalue weighted by molar-refractivity contribution is 0.276. The molecule has 0 amide bonds. The van der Waals surface area contributed by atoms with E-state index in [0.29, 0.717) is 6.54 Å². The van der Waals surface area contributed by atoms with Crippen LogP contribution in [0.25, 0.3) is 0 Å². The number of nitrogens with two attached hydrogens (primary N) is 1. The first-order valence-corrected chi connectivity index (χ1v) is 3.70. The molecule has 0 fully saturated rings. The Morgan fingerprint density at radius 1 is 1.75 bits per heavy atom. The zero-order valence-corrected chi connectivity index (χ0v) is 7.18. The van der Waals surface area contributed by atoms with Crippen LogP contribution < -0.4 is 5.73 Å². The zero-order valence-electron chi connectivity index (χ0n) is 5.02. The summed E-state index contributed by atoms with van der Waals surface area (Å²) in [6.45, 7) is 2.90. The van der Waals surface area contributed by atoms with Gasteiger partial charge in [0.25, 0.3) is 0 Å². The molecule has 0 saturated heterocycles. The third-order valence-electron chi connectivity index (χ3n) is 1.06. The number of alkyl halides is 1. The van der Waals surface area contributed by atoms with E-state index >= 15 is 0 Å². The number of rotatable bonds is 3. The van der Waals surface area contributed by atoms with E-state index in [4.69, 9.17) is 10.8 Å². The zero-order chi connectivity index (χ0) is 6.62. The van der Waals surface area contributed by atoms with Crippen LogP contribution in [0.3, 0.4) is 0 Å². The average molecular weight is 229 g/mol. The van der Waals surface area contributed by atoms with Crippen LogP contribution in [-0.2, 0) is 0 Å². The van der Waals surface area contributed by atoms with E-state index in [1.807, 2.05) is 6.92 Å². The summed E-state index contributed by atoms with van der Waals surface area (Å²) in [6.07, 6.45) is 0.782. The van der Waals surface area contributed by atoms with Crippen molar-refractivity contribution in [3.63, 3.8) is 0 Å². The van der Waals surface area contributed by atoms with Gasteiger partial charge in [0.1, 0.15) is 0 Å². The third kappa shape index (κ3) is 3.63. The molecule has 0 radical (unpaired) electrons. The van der Waals surface area contributed by atoms with E-state index in [0.717, 1.165) is 6.42 Å². The molecule has 0 unspecified atom stereocenters. The Morgan fingerprint density at radius 3 is 2.38 bits per heavy atom. The maximum atomic E-state index is 8.47. The molecule has 3 heteroatoms. The summed E-state index contributed by atoms with van der Waals surface area (Å²) in [5, 5.41) is 8.47. The van der Waals surface area contributed by atoms with Crippen molar-refractivity contribution in [1.29, 1.82) is 0 Å². The summed E-state index contributed by atoms with van der Waals surface area (Å²) in [4.78, 5) is 0. The number of hydrogen-bond acceptors (Lipinski definition) is 2. The molecule has 50 valence electrons. The average Bonchev–Trinajstić information content (AvgIpc) is 1.67. The Balaban J connectivity index is 3.37. The molecule has 0 spiro atoms. The first-order chi connectivity index (χ1) is 3.62. The molecule has 0 rings (SSSR count). The fraction of sp³-hybridized carbons (Fsp3) is 1.00. The standard InChI is InChI=1S/C5H12INO/c1-5(6,4-7)2-3-8/h8H,2-4,7H2,1H3/t5-/m1/s1. The van der Waals surface area contributed by atoms with Crippen molar-refractivity contribution >= 4 is 22.6 Å². The van der Waals surface area contributed by atoms with Gasteiger partial charge in [-0.25, -0.2) is 0 Å². The quantitative estimate of drug-likeness (QED) is 0.547. The topological polar surface area (TPSA) is 46.2 Å². The minimum absolute atomic E-state index is 0.0898. The van der Waals surface area contributed by atoms with Gasteiger partial charge < -0.3 is 10.8 Å². The van der Waals surface area contributed by atoms with Gasteiger partial charge in [0.05, 0.1) is 0 Å². The largest absolute Gasteiger partial charge is 0.396 e. The molecule has 0 aromatic carbocycles. The SMILES string of the molecule is C[C@](I)(CN)CCO. The monoisotopic (exact) mass is 229 g/mol. The molecule has 0 heterocycles. The Labute approximate surface area is 63.6 Å². The van der Waals surface area contributed by atoms with Gasteiger partial charge in [-0.3, -0.25) is 0 Å². The van der Waals surface area contributed by atoms with Gasteiger partial charge in [0, 0.05) is 16.6 Å². The van der Waals surface area contributed by atoms with Gasteiger partial charge in [-0.1, -0.05) is 22.6 Å². The first kappa shape index (κ1) is 8.65. The fourth-order valence-electron chi connectivity index (χ4n) is 0.335. The third-order valence-corrected chi connectivity index (χ3v) is 2.04. The Morgan fingerprint density at radius 2 is 2.25 bits per heavy atom. The molecule has 0 aliphatic heterocycles. The summed E-state index contributed by atoms with van der Waals surface area (Å²) < 4.78 is 0.0898. The van der Waals surface area contributed by atoms with Gasteiger partial charge in [0.2, 0.25) is 0 Å². The van der Waals surface area contributed by atoms with Crippen LogP contribution in [0, 0.1) is 0 Å². The minimum Gasteiger partial charge on any atom is -0.396 e. The number of halogens is 1. The molecule has 0 bridgehead atoms. The molecule has 0 aromatic heterocycles. The van der Waals surface area contributed by atoms with Crippen LogP contribution in [0.2, 0.25) is 0 Å². The lowest BCUT2D eigenvalue weighted by Crippen LogP contribution is -2.28. The smallest absolute Gasteiger partial charge is 0.0444 e. The van der Waals surface area contributed by atoms with Crippen LogP contribution in [0.4, 0.5) is 0 Å². The minimum atomic E-state index is 0.0898. The Hall–Kier alpha value is 0.650. The van der Waals surface area contributed by atoms with Crippen LogP contribution in [0.1, 0.15) is 13.3 Å². The van der Waals surface area contributed by atoms with Gasteiger partial charge in [-0.15, -0.1) is 0 Å². The second-order valence-corrected chi connectivity index (χ2v) is 4.70. The maximum absolute atomic E-state index is 8.47. The van der Waals surface area contributed by atoms with Gasteiger partial charge in [0.15, 0.2) is 0 Å². The highest BCUT2D eigenvalue weighted by Crippen LogP contribution is 2.19. The van der Waals surface area contributed by atoms with Crippen molar-refractivity contribution < 1.29 is 5.11 Å². The van der Waals surface area contributed by atoms with Crippen LogP contribution >= 0.6 is 22.6 Å². The first-order valence-electron chi connectivity index (χ1n) is 2.62. The molecular formula is C5H12INO. The van der Waals surface area contributed by atoms with Gasteiger partial charge in [-0.05, 0) is 13.3 Å². The van der Waals surface area contributed by atoms with Crippen LogP contribution in [0.5, 0.6) is 0 Å². The Bertz CT molecular complexity index is 65.4. The molecule has 8 heavy (non-hydrogen) atoms. The Kier molecular flexibility index (Phi) is 3.93. The fourth-order valence-corrected chi connectivity index (χ4v) is 0.576. The van der Waals surface area contributed by atoms with Crippen molar-refractivity contribution in [3.8, 4) is 0 Å². The van der Waals surface area contributed by atoms with E-state index in [1.54, 1.807) is 0 Å². The highest BCUT2D eigenvalue weighted by molar-refractivity contribution is 14.1. The van der Waals surface area contributed by atoms with Crippen molar-refractivity contribution in [2.24, 2.45) is 5.73 Å². The predicted molar refractivity (Wildman–Crippen MR) is 43.2 cm³/mol. The molecule has 1 atom stereocenters. The van der Waals surface area contributed by atoms with Crippen molar-refractivity contribution in [2.45, 2.75) is 16.8 Å². The number of hydrogen-bond donors (Lipinski definition) is 2. The normalized spacial score (nSPS) is 18.0. The molecule has 2 nitrogen and oxygen atoms in total. The number of aliphatic hydroxyl groups excluding tert-OH is 1. The highest BCUT2D eigenvalue weighted by Gasteiger charge is 2.15. The molecule has 0 aliphatic rings. The summed E-state index contributed by atoms with van der Waals surface area (Å²) in [7, 11) is 0. The maximum Gasteiger partial charge on any atom is 0.0444 e. The molecule has 3 N–H and O–H groups in total. The predicted octanol–water partition coefficient (Wildman–Crippen LogP) is 0.521. The summed E-state index contributed by atoms with van der Waals surface area (Å²) in [5.41, 5.74) is 5.37. The highest BCUT2D eigenvalue weighted by atomic mass is 127. The van der Waals surface area contributed by atoms with E-state index in [-0.39, 0.29) is 10.0 Å². The van der Waals surface area contributed by atoms with E-state index in [9.17, 15) is 0 Å². The van der Waals surface area contributed by atoms with E-state index < -0.39 is 0 Å². The van der Waals surface area contributed by atoms with Gasteiger partial charge in [-0.2, -0.15) is 0 Å². The molecule has 0 aliphatic carbocycles. The van der Waals surface area contributed by atoms with E-state index in [1.165, 1.54) is 0 Å².